The maximum atomic E-state index is 12.6. The molecule has 1 aliphatic rings. The first-order chi connectivity index (χ1) is 13.1. The smallest absolute Gasteiger partial charge is 0.275 e. The Kier molecular flexibility index (Phi) is 4.68. The van der Waals surface area contributed by atoms with Gasteiger partial charge in [0.25, 0.3) is 5.91 Å². The van der Waals surface area contributed by atoms with Crippen LogP contribution < -0.4 is 10.2 Å². The standard InChI is InChI=1S/C20H22N6O/c1-14-5-8-17(23-19(14)26-12-10-25(2)11-13-26)24-20(27)16-7-6-15-4-3-9-21-18(15)22-16/h3-9H,10-13H2,1-2H3,(H,23,24,27). The zero-order valence-electron chi connectivity index (χ0n) is 15.5. The molecule has 0 radical (unpaired) electrons. The number of amides is 1. The summed E-state index contributed by atoms with van der Waals surface area (Å²) in [5, 5.41) is 3.76. The second-order valence-corrected chi connectivity index (χ2v) is 6.83. The zero-order valence-corrected chi connectivity index (χ0v) is 15.5. The second-order valence-electron chi connectivity index (χ2n) is 6.83. The minimum atomic E-state index is -0.289. The van der Waals surface area contributed by atoms with Gasteiger partial charge in [0.2, 0.25) is 0 Å². The number of hydrogen-bond donors (Lipinski definition) is 1. The monoisotopic (exact) mass is 362 g/mol. The second kappa shape index (κ2) is 7.28. The summed E-state index contributed by atoms with van der Waals surface area (Å²) in [5.74, 6) is 1.17. The van der Waals surface area contributed by atoms with E-state index in [0.29, 0.717) is 17.2 Å². The number of pyridine rings is 3. The highest BCUT2D eigenvalue weighted by Gasteiger charge is 2.18. The van der Waals surface area contributed by atoms with Crippen LogP contribution in [-0.2, 0) is 0 Å². The minimum Gasteiger partial charge on any atom is -0.354 e. The van der Waals surface area contributed by atoms with E-state index in [0.717, 1.165) is 42.9 Å². The van der Waals surface area contributed by atoms with Crippen LogP contribution in [0.2, 0.25) is 0 Å². The number of fused-ring (bicyclic) bond motifs is 1. The first-order valence-electron chi connectivity index (χ1n) is 9.04. The summed E-state index contributed by atoms with van der Waals surface area (Å²) in [6, 6.07) is 11.1. The third-order valence-corrected chi connectivity index (χ3v) is 4.81. The summed E-state index contributed by atoms with van der Waals surface area (Å²) in [6.45, 7) is 5.92. The first kappa shape index (κ1) is 17.4. The molecule has 1 amide bonds. The maximum Gasteiger partial charge on any atom is 0.275 e. The molecule has 138 valence electrons. The summed E-state index contributed by atoms with van der Waals surface area (Å²) in [4.78, 5) is 30.4. The Morgan fingerprint density at radius 2 is 1.85 bits per heavy atom. The van der Waals surface area contributed by atoms with Crippen LogP contribution in [0.25, 0.3) is 11.0 Å². The van der Waals surface area contributed by atoms with Gasteiger partial charge < -0.3 is 15.1 Å². The molecule has 3 aromatic heterocycles. The predicted molar refractivity (Wildman–Crippen MR) is 106 cm³/mol. The molecule has 1 aliphatic heterocycles. The van der Waals surface area contributed by atoms with Gasteiger partial charge in [0.1, 0.15) is 17.3 Å². The molecule has 1 N–H and O–H groups in total. The quantitative estimate of drug-likeness (QED) is 0.771. The molecule has 0 atom stereocenters. The highest BCUT2D eigenvalue weighted by molar-refractivity contribution is 6.03. The Morgan fingerprint density at radius 3 is 2.67 bits per heavy atom. The molecule has 27 heavy (non-hydrogen) atoms. The van der Waals surface area contributed by atoms with Crippen LogP contribution in [0.5, 0.6) is 0 Å². The molecule has 7 heteroatoms. The van der Waals surface area contributed by atoms with Crippen molar-refractivity contribution in [2.75, 3.05) is 43.4 Å². The number of likely N-dealkylation sites (N-methyl/N-ethyl adjacent to an activating group) is 1. The Hall–Kier alpha value is -3.06. The average Bonchev–Trinajstić information content (AvgIpc) is 2.70. The molecule has 4 heterocycles. The molecule has 0 aliphatic carbocycles. The lowest BCUT2D eigenvalue weighted by Crippen LogP contribution is -2.45. The van der Waals surface area contributed by atoms with Crippen LogP contribution >= 0.6 is 0 Å². The Balaban J connectivity index is 1.54. The number of aromatic nitrogens is 3. The SMILES string of the molecule is Cc1ccc(NC(=O)c2ccc3cccnc3n2)nc1N1CCN(C)CC1. The maximum absolute atomic E-state index is 12.6. The van der Waals surface area contributed by atoms with E-state index in [1.807, 2.05) is 37.3 Å². The fraction of sp³-hybridized carbons (Fsp3) is 0.300. The van der Waals surface area contributed by atoms with Crippen LogP contribution in [0.15, 0.2) is 42.6 Å². The van der Waals surface area contributed by atoms with Gasteiger partial charge in [0.15, 0.2) is 5.65 Å². The van der Waals surface area contributed by atoms with Gasteiger partial charge in [-0.25, -0.2) is 15.0 Å². The fourth-order valence-corrected chi connectivity index (χ4v) is 3.19. The van der Waals surface area contributed by atoms with E-state index in [9.17, 15) is 4.79 Å². The summed E-state index contributed by atoms with van der Waals surface area (Å²) in [6.07, 6.45) is 1.67. The fourth-order valence-electron chi connectivity index (χ4n) is 3.19. The number of aryl methyl sites for hydroxylation is 1. The summed E-state index contributed by atoms with van der Waals surface area (Å²) >= 11 is 0. The third-order valence-electron chi connectivity index (χ3n) is 4.81. The Labute approximate surface area is 158 Å². The lowest BCUT2D eigenvalue weighted by molar-refractivity contribution is 0.102. The highest BCUT2D eigenvalue weighted by Crippen LogP contribution is 2.21. The molecule has 0 aromatic carbocycles. The van der Waals surface area contributed by atoms with Crippen molar-refractivity contribution in [3.05, 3.63) is 53.9 Å². The van der Waals surface area contributed by atoms with Gasteiger partial charge in [-0.15, -0.1) is 0 Å². The lowest BCUT2D eigenvalue weighted by Gasteiger charge is -2.34. The van der Waals surface area contributed by atoms with Crippen LogP contribution in [0.4, 0.5) is 11.6 Å². The third kappa shape index (κ3) is 3.73. The predicted octanol–water partition coefficient (Wildman–Crippen LogP) is 2.34. The normalized spacial score (nSPS) is 15.1. The average molecular weight is 362 g/mol. The van der Waals surface area contributed by atoms with E-state index in [1.165, 1.54) is 0 Å². The highest BCUT2D eigenvalue weighted by atomic mass is 16.1. The van der Waals surface area contributed by atoms with Crippen LogP contribution in [0, 0.1) is 6.92 Å². The van der Waals surface area contributed by atoms with Gasteiger partial charge in [-0.3, -0.25) is 4.79 Å². The van der Waals surface area contributed by atoms with Gasteiger partial charge in [0, 0.05) is 37.8 Å². The Bertz CT molecular complexity index is 981. The van der Waals surface area contributed by atoms with Gasteiger partial charge in [-0.2, -0.15) is 0 Å². The molecule has 0 bridgehead atoms. The summed E-state index contributed by atoms with van der Waals surface area (Å²) < 4.78 is 0. The van der Waals surface area contributed by atoms with Crippen molar-refractivity contribution in [2.24, 2.45) is 0 Å². The van der Waals surface area contributed by atoms with Crippen LogP contribution in [-0.4, -0.2) is 59.0 Å². The van der Waals surface area contributed by atoms with Crippen molar-refractivity contribution in [2.45, 2.75) is 6.92 Å². The molecule has 7 nitrogen and oxygen atoms in total. The molecule has 3 aromatic rings. The number of piperazine rings is 1. The van der Waals surface area contributed by atoms with Crippen molar-refractivity contribution in [3.63, 3.8) is 0 Å². The van der Waals surface area contributed by atoms with E-state index in [-0.39, 0.29) is 5.91 Å². The van der Waals surface area contributed by atoms with E-state index >= 15 is 0 Å². The van der Waals surface area contributed by atoms with Crippen molar-refractivity contribution in [1.29, 1.82) is 0 Å². The molecule has 0 saturated carbocycles. The number of anilines is 2. The lowest BCUT2D eigenvalue weighted by atomic mass is 10.2. The van der Waals surface area contributed by atoms with E-state index in [2.05, 4.69) is 37.1 Å². The largest absolute Gasteiger partial charge is 0.354 e. The molecular formula is C20H22N6O. The summed E-state index contributed by atoms with van der Waals surface area (Å²) in [7, 11) is 2.12. The van der Waals surface area contributed by atoms with E-state index in [4.69, 9.17) is 0 Å². The van der Waals surface area contributed by atoms with Crippen molar-refractivity contribution < 1.29 is 4.79 Å². The van der Waals surface area contributed by atoms with Crippen LogP contribution in [0.3, 0.4) is 0 Å². The topological polar surface area (TPSA) is 74.2 Å². The van der Waals surface area contributed by atoms with Crippen molar-refractivity contribution in [1.82, 2.24) is 19.9 Å². The first-order valence-corrected chi connectivity index (χ1v) is 9.04. The number of carbonyl (C=O) groups is 1. The van der Waals surface area contributed by atoms with Crippen LogP contribution in [0.1, 0.15) is 16.1 Å². The molecule has 0 spiro atoms. The number of nitrogens with one attached hydrogen (secondary N) is 1. The van der Waals surface area contributed by atoms with Gasteiger partial charge in [-0.05, 0) is 49.9 Å². The zero-order chi connectivity index (χ0) is 18.8. The minimum absolute atomic E-state index is 0.289. The molecule has 4 rings (SSSR count). The number of nitrogens with zero attached hydrogens (tertiary/aromatic N) is 5. The Morgan fingerprint density at radius 1 is 1.04 bits per heavy atom. The molecule has 1 fully saturated rings. The molecule has 1 saturated heterocycles. The van der Waals surface area contributed by atoms with Gasteiger partial charge in [-0.1, -0.05) is 6.07 Å². The molecule has 0 unspecified atom stereocenters. The van der Waals surface area contributed by atoms with Crippen molar-refractivity contribution >= 4 is 28.6 Å². The van der Waals surface area contributed by atoms with Crippen molar-refractivity contribution in [3.8, 4) is 0 Å². The number of rotatable bonds is 3. The number of carbonyl (C=O) groups excluding carboxylic acids is 1. The van der Waals surface area contributed by atoms with Gasteiger partial charge in [0.05, 0.1) is 0 Å². The van der Waals surface area contributed by atoms with E-state index < -0.39 is 0 Å². The molecular weight excluding hydrogens is 340 g/mol. The van der Waals surface area contributed by atoms with Gasteiger partial charge >= 0.3 is 0 Å². The van der Waals surface area contributed by atoms with E-state index in [1.54, 1.807) is 12.3 Å². The number of hydrogen-bond acceptors (Lipinski definition) is 6. The summed E-state index contributed by atoms with van der Waals surface area (Å²) in [5.41, 5.74) is 1.98.